The average molecular weight is 589 g/mol. The Hall–Kier alpha value is -1.29. The van der Waals surface area contributed by atoms with Crippen LogP contribution in [0.1, 0.15) is 82.3 Å². The molecule has 0 fully saturated rings. The van der Waals surface area contributed by atoms with Gasteiger partial charge in [0.05, 0.1) is 0 Å². The summed E-state index contributed by atoms with van der Waals surface area (Å²) in [5, 5.41) is 19.3. The van der Waals surface area contributed by atoms with E-state index in [4.69, 9.17) is 4.74 Å². The first-order valence-electron chi connectivity index (χ1n) is 17.5. The third kappa shape index (κ3) is 14.4. The van der Waals surface area contributed by atoms with E-state index in [0.717, 1.165) is 42.7 Å². The molecule has 0 amide bonds. The molecule has 2 aromatic carbocycles. The molecule has 0 spiro atoms. The number of hydrogen-bond acceptors (Lipinski definition) is 3. The van der Waals surface area contributed by atoms with Gasteiger partial charge in [-0.3, -0.25) is 0 Å². The zero-order valence-corrected chi connectivity index (χ0v) is 29.7. The number of ether oxygens (including phenoxy) is 1. The van der Waals surface area contributed by atoms with Crippen LogP contribution in [-0.4, -0.2) is 113 Å². The van der Waals surface area contributed by atoms with Gasteiger partial charge in [-0.15, -0.1) is 0 Å². The number of hydrogen-bond donors (Lipinski definition) is 2. The Balaban J connectivity index is 1.90. The second-order valence-corrected chi connectivity index (χ2v) is 17.1. The monoisotopic (exact) mass is 589 g/mol. The van der Waals surface area contributed by atoms with Crippen LogP contribution in [0.15, 0.2) is 42.5 Å². The number of phenols is 2. The molecule has 1 atom stereocenters. The molecule has 1 unspecified atom stereocenters. The molecule has 2 aromatic rings. The first kappa shape index (κ1) is 38.9. The van der Waals surface area contributed by atoms with Crippen LogP contribution >= 0.6 is 0 Å². The van der Waals surface area contributed by atoms with Gasteiger partial charge in [0.1, 0.15) is 11.5 Å². The molecular formula is C28H52B12O3S. The van der Waals surface area contributed by atoms with Crippen molar-refractivity contribution in [3.8, 4) is 17.2 Å². The minimum atomic E-state index is -0.833. The molecular weight excluding hydrogens is 537 g/mol. The predicted molar refractivity (Wildman–Crippen MR) is 225 cm³/mol. The first-order valence-corrected chi connectivity index (χ1v) is 19.6. The summed E-state index contributed by atoms with van der Waals surface area (Å²) in [4.78, 5) is 0. The summed E-state index contributed by atoms with van der Waals surface area (Å²) >= 11 is 0. The topological polar surface area (TPSA) is 49.7 Å². The molecule has 2 rings (SSSR count). The third-order valence-electron chi connectivity index (χ3n) is 8.65. The van der Waals surface area contributed by atoms with Gasteiger partial charge < -0.3 is 10.2 Å². The van der Waals surface area contributed by atoms with Gasteiger partial charge in [0.15, 0.2) is 0 Å². The molecule has 224 valence electrons. The molecule has 0 heterocycles. The van der Waals surface area contributed by atoms with Crippen LogP contribution in [0.2, 0.25) is 0 Å². The van der Waals surface area contributed by atoms with Gasteiger partial charge in [-0.1, -0.05) is 12.2 Å². The van der Waals surface area contributed by atoms with Gasteiger partial charge in [-0.25, -0.2) is 0 Å². The number of unbranched alkanes of at least 4 members (excludes halogenated alkanes) is 8. The quantitative estimate of drug-likeness (QED) is 0.0873. The molecule has 0 aromatic heterocycles. The maximum absolute atomic E-state index is 9.66. The summed E-state index contributed by atoms with van der Waals surface area (Å²) in [6.07, 6.45) is 19.0. The Morgan fingerprint density at radius 3 is 1.84 bits per heavy atom. The summed E-state index contributed by atoms with van der Waals surface area (Å²) in [6, 6.07) is 15.5. The van der Waals surface area contributed by atoms with E-state index in [1.54, 1.807) is 12.1 Å². The van der Waals surface area contributed by atoms with E-state index in [9.17, 15) is 10.2 Å². The van der Waals surface area contributed by atoms with Crippen molar-refractivity contribution in [1.82, 2.24) is 0 Å². The van der Waals surface area contributed by atoms with Crippen LogP contribution in [0.3, 0.4) is 0 Å². The molecule has 44 heavy (non-hydrogen) atoms. The molecule has 0 aliphatic heterocycles. The van der Waals surface area contributed by atoms with Crippen molar-refractivity contribution in [2.24, 2.45) is 0 Å². The molecule has 0 bridgehead atoms. The molecule has 0 saturated heterocycles. The summed E-state index contributed by atoms with van der Waals surface area (Å²) in [5.74, 6) is 4.59. The van der Waals surface area contributed by atoms with Crippen molar-refractivity contribution >= 4 is 106 Å². The van der Waals surface area contributed by atoms with E-state index in [2.05, 4.69) is 59.4 Å². The fraction of sp³-hybridized carbons (Fsp3) is 0.500. The molecule has 2 radical (unpaired) electrons. The maximum atomic E-state index is 9.66. The van der Waals surface area contributed by atoms with Crippen LogP contribution < -0.4 is 4.74 Å². The van der Waals surface area contributed by atoms with Crippen LogP contribution in [0.5, 0.6) is 17.2 Å². The van der Waals surface area contributed by atoms with Crippen molar-refractivity contribution in [2.75, 3.05) is 18.1 Å². The molecule has 16 heteroatoms. The summed E-state index contributed by atoms with van der Waals surface area (Å²) in [6.45, 7) is 3.05. The van der Waals surface area contributed by atoms with E-state index < -0.39 is 9.31 Å². The Morgan fingerprint density at radius 1 is 0.773 bits per heavy atom. The zero-order chi connectivity index (χ0) is 32.4. The average Bonchev–Trinajstić information content (AvgIpc) is 2.97. The van der Waals surface area contributed by atoms with Gasteiger partial charge in [0, 0.05) is 6.07 Å². The fourth-order valence-corrected chi connectivity index (χ4v) is 12.6. The Bertz CT molecular complexity index is 1140. The van der Waals surface area contributed by atoms with Crippen molar-refractivity contribution < 1.29 is 14.9 Å². The van der Waals surface area contributed by atoms with Gasteiger partial charge >= 0.3 is 223 Å². The Labute approximate surface area is 279 Å². The Kier molecular flexibility index (Phi) is 19.0. The molecule has 2 N–H and O–H groups in total. The van der Waals surface area contributed by atoms with Crippen molar-refractivity contribution in [2.45, 2.75) is 71.1 Å². The number of phenolic OH excluding ortho intramolecular Hbond substituents is 2. The normalized spacial score (nSPS) is 12.3. The number of aromatic hydroxyl groups is 2. The van der Waals surface area contributed by atoms with E-state index in [-0.39, 0.29) is 11.5 Å². The van der Waals surface area contributed by atoms with Gasteiger partial charge in [-0.2, -0.15) is 0 Å². The van der Waals surface area contributed by atoms with Crippen LogP contribution in [0.25, 0.3) is 12.2 Å². The molecule has 0 aliphatic carbocycles. The standard InChI is InChI=1S/C28H51B12O3S/c1-2-3-4-5-7-10-19-44(36-39(34)35-29,40(37(30)31)38(32)33)20-11-8-6-9-18-43-28-16-14-24(15-17-28)12-13-25-21-26(41)23-27(42)22-25/h12-17,21-23,29,35H,2-11,18-20,30-34H2,1H3,(H-,41,42)/q-1/p+1/b13-12+/i29-1,30-1,31-1,32-1,33-1,34-1,35-1,36-1,37-1,38-1,39-1,40-1. The summed E-state index contributed by atoms with van der Waals surface area (Å²) in [5.41, 5.74) is 1.79. The molecule has 0 saturated carbocycles. The van der Waals surface area contributed by atoms with Crippen molar-refractivity contribution in [1.29, 1.82) is 0 Å². The second kappa shape index (κ2) is 21.5. The van der Waals surface area contributed by atoms with E-state index in [0.29, 0.717) is 19.2 Å². The Morgan fingerprint density at radius 2 is 1.30 bits per heavy atom. The zero-order valence-electron chi connectivity index (χ0n) is 28.9. The van der Waals surface area contributed by atoms with E-state index in [1.807, 2.05) is 36.4 Å². The fourth-order valence-electron chi connectivity index (χ4n) is 6.74. The van der Waals surface area contributed by atoms with Crippen molar-refractivity contribution in [3.05, 3.63) is 53.6 Å². The summed E-state index contributed by atoms with van der Waals surface area (Å²) < 4.78 is 6.07. The van der Waals surface area contributed by atoms with Gasteiger partial charge in [0.2, 0.25) is 0 Å². The van der Waals surface area contributed by atoms with E-state index >= 15 is 0 Å². The van der Waals surface area contributed by atoms with Gasteiger partial charge in [0.25, 0.3) is 0 Å². The van der Waals surface area contributed by atoms with Crippen molar-refractivity contribution in [3.63, 3.8) is 0 Å². The van der Waals surface area contributed by atoms with E-state index in [1.165, 1.54) is 75.4 Å². The van der Waals surface area contributed by atoms with Crippen LogP contribution in [0, 0.1) is 0 Å². The predicted octanol–water partition coefficient (Wildman–Crippen LogP) is -0.132. The number of benzene rings is 2. The molecule has 0 aliphatic rings. The molecule has 3 nitrogen and oxygen atoms in total. The first-order chi connectivity index (χ1) is 21.1. The summed E-state index contributed by atoms with van der Waals surface area (Å²) in [7, 11) is 16.7. The SMILES string of the molecule is [10BH-][10BH][10B]([10BH2])[10B]=[S+](CCCCCCCC)(CCCCCCOc1ccc(/C=C/c2cc(O)cc(O)c2)cc1)[10B]([10B]([10BH2])[10BH2])[10B]([10BH2])[10BH2]. The third-order valence-corrected chi connectivity index (χ3v) is 13.9. The number of rotatable bonds is 22. The second-order valence-electron chi connectivity index (χ2n) is 13.5. The minimum absolute atomic E-state index is 0.0550. The van der Waals surface area contributed by atoms with Crippen LogP contribution in [0.4, 0.5) is 0 Å². The van der Waals surface area contributed by atoms with Gasteiger partial charge in [-0.05, 0) is 17.7 Å². The van der Waals surface area contributed by atoms with Crippen LogP contribution in [-0.2, 0) is 9.31 Å².